The summed E-state index contributed by atoms with van der Waals surface area (Å²) in [6.45, 7) is 4.73. The molecule has 0 aromatic carbocycles. The van der Waals surface area contributed by atoms with Gasteiger partial charge in [0, 0.05) is 19.6 Å². The van der Waals surface area contributed by atoms with E-state index in [-0.39, 0.29) is 12.5 Å². The van der Waals surface area contributed by atoms with Crippen molar-refractivity contribution in [2.45, 2.75) is 110 Å². The average Bonchev–Trinajstić information content (AvgIpc) is 2.74. The molecule has 0 rings (SSSR count). The van der Waals surface area contributed by atoms with Gasteiger partial charge in [-0.15, -0.1) is 0 Å². The Balaban J connectivity index is 3.32. The summed E-state index contributed by atoms with van der Waals surface area (Å²) in [5.74, 6) is -0.777. The summed E-state index contributed by atoms with van der Waals surface area (Å²) in [6.07, 6.45) is 21.7. The third kappa shape index (κ3) is 23.5. The molecule has 0 fully saturated rings. The van der Waals surface area contributed by atoms with E-state index in [1.54, 1.807) is 11.9 Å². The zero-order valence-electron chi connectivity index (χ0n) is 21.5. The van der Waals surface area contributed by atoms with Gasteiger partial charge in [-0.1, -0.05) is 103 Å². The van der Waals surface area contributed by atoms with Crippen LogP contribution in [-0.4, -0.2) is 73.6 Å². The standard InChI is InChI=1S/C26H53N3O3/c1-4-5-6-7-8-9-10-11-12-13-14-15-16-17-18-19-20-27-25(30)23-28(2)21-22-29(3)24-26(31)32/h4-24H2,1-3H3,(H,27,30)(H,31,32). The van der Waals surface area contributed by atoms with Crippen molar-refractivity contribution in [3.8, 4) is 0 Å². The Kier molecular flexibility index (Phi) is 22.2. The van der Waals surface area contributed by atoms with Crippen LogP contribution in [0, 0.1) is 0 Å². The maximum atomic E-state index is 12.0. The van der Waals surface area contributed by atoms with Crippen molar-refractivity contribution >= 4 is 11.9 Å². The van der Waals surface area contributed by atoms with Gasteiger partial charge >= 0.3 is 5.97 Å². The first-order valence-corrected chi connectivity index (χ1v) is 13.3. The fourth-order valence-electron chi connectivity index (χ4n) is 3.93. The minimum Gasteiger partial charge on any atom is -0.480 e. The monoisotopic (exact) mass is 455 g/mol. The number of carboxylic acid groups (broad SMARTS) is 1. The molecule has 0 radical (unpaired) electrons. The van der Waals surface area contributed by atoms with Crippen molar-refractivity contribution in [3.63, 3.8) is 0 Å². The molecule has 0 unspecified atom stereocenters. The lowest BCUT2D eigenvalue weighted by Gasteiger charge is -2.20. The molecule has 2 N–H and O–H groups in total. The molecule has 0 aliphatic heterocycles. The van der Waals surface area contributed by atoms with Crippen LogP contribution in [0.3, 0.4) is 0 Å². The molecule has 0 saturated carbocycles. The van der Waals surface area contributed by atoms with E-state index in [1.165, 1.54) is 96.3 Å². The van der Waals surface area contributed by atoms with Crippen LogP contribution in [0.1, 0.15) is 110 Å². The van der Waals surface area contributed by atoms with Crippen LogP contribution in [0.2, 0.25) is 0 Å². The van der Waals surface area contributed by atoms with E-state index >= 15 is 0 Å². The number of unbranched alkanes of at least 4 members (excludes halogenated alkanes) is 15. The normalized spacial score (nSPS) is 11.4. The highest BCUT2D eigenvalue weighted by Gasteiger charge is 2.08. The molecule has 0 heterocycles. The number of nitrogens with one attached hydrogen (secondary N) is 1. The number of likely N-dealkylation sites (N-methyl/N-ethyl adjacent to an activating group) is 2. The fourth-order valence-corrected chi connectivity index (χ4v) is 3.93. The first-order chi connectivity index (χ1) is 15.5. The van der Waals surface area contributed by atoms with Gasteiger partial charge in [-0.05, 0) is 20.5 Å². The van der Waals surface area contributed by atoms with Crippen molar-refractivity contribution in [2.75, 3.05) is 46.8 Å². The summed E-state index contributed by atoms with van der Waals surface area (Å²) in [5.41, 5.74) is 0. The number of hydrogen-bond donors (Lipinski definition) is 2. The summed E-state index contributed by atoms with van der Waals surface area (Å²) in [5, 5.41) is 11.7. The molecule has 6 heteroatoms. The van der Waals surface area contributed by atoms with Crippen molar-refractivity contribution in [1.29, 1.82) is 0 Å². The van der Waals surface area contributed by atoms with E-state index in [2.05, 4.69) is 12.2 Å². The SMILES string of the molecule is CCCCCCCCCCCCCCCCCCNC(=O)CN(C)CCN(C)CC(=O)O. The number of carboxylic acids is 1. The smallest absolute Gasteiger partial charge is 0.317 e. The Hall–Kier alpha value is -1.14. The van der Waals surface area contributed by atoms with Gasteiger partial charge < -0.3 is 10.4 Å². The Morgan fingerprint density at radius 3 is 1.41 bits per heavy atom. The topological polar surface area (TPSA) is 72.9 Å². The average molecular weight is 456 g/mol. The van der Waals surface area contributed by atoms with Gasteiger partial charge in [-0.3, -0.25) is 19.4 Å². The van der Waals surface area contributed by atoms with Crippen molar-refractivity contribution in [3.05, 3.63) is 0 Å². The van der Waals surface area contributed by atoms with Crippen LogP contribution in [0.15, 0.2) is 0 Å². The number of carbonyl (C=O) groups is 2. The molecule has 0 spiro atoms. The molecule has 0 aromatic rings. The van der Waals surface area contributed by atoms with Gasteiger partial charge in [0.05, 0.1) is 13.1 Å². The van der Waals surface area contributed by atoms with E-state index in [1.807, 2.05) is 11.9 Å². The lowest BCUT2D eigenvalue weighted by Crippen LogP contribution is -2.39. The minimum atomic E-state index is -0.827. The molecule has 0 aromatic heterocycles. The van der Waals surface area contributed by atoms with Crippen LogP contribution in [0.25, 0.3) is 0 Å². The van der Waals surface area contributed by atoms with E-state index in [4.69, 9.17) is 5.11 Å². The molecule has 32 heavy (non-hydrogen) atoms. The number of rotatable bonds is 24. The highest BCUT2D eigenvalue weighted by Crippen LogP contribution is 2.13. The van der Waals surface area contributed by atoms with Gasteiger partial charge in [0.2, 0.25) is 5.91 Å². The molecule has 0 aliphatic carbocycles. The fraction of sp³-hybridized carbons (Fsp3) is 0.923. The maximum absolute atomic E-state index is 12.0. The van der Waals surface area contributed by atoms with Crippen molar-refractivity contribution in [2.24, 2.45) is 0 Å². The molecule has 0 atom stereocenters. The van der Waals surface area contributed by atoms with Crippen molar-refractivity contribution in [1.82, 2.24) is 15.1 Å². The summed E-state index contributed by atoms with van der Waals surface area (Å²) >= 11 is 0. The Labute approximate surface area is 198 Å². The maximum Gasteiger partial charge on any atom is 0.317 e. The third-order valence-corrected chi connectivity index (χ3v) is 6.03. The van der Waals surface area contributed by atoms with Crippen LogP contribution < -0.4 is 5.32 Å². The number of hydrogen-bond acceptors (Lipinski definition) is 4. The van der Waals surface area contributed by atoms with E-state index in [9.17, 15) is 9.59 Å². The second-order valence-electron chi connectivity index (χ2n) is 9.52. The van der Waals surface area contributed by atoms with Gasteiger partial charge in [-0.25, -0.2) is 0 Å². The molecular weight excluding hydrogens is 402 g/mol. The highest BCUT2D eigenvalue weighted by molar-refractivity contribution is 5.77. The molecule has 0 saturated heterocycles. The van der Waals surface area contributed by atoms with E-state index in [0.717, 1.165) is 13.0 Å². The molecule has 6 nitrogen and oxygen atoms in total. The Bertz CT molecular complexity index is 446. The van der Waals surface area contributed by atoms with Gasteiger partial charge in [0.15, 0.2) is 0 Å². The van der Waals surface area contributed by atoms with Crippen LogP contribution in [0.5, 0.6) is 0 Å². The summed E-state index contributed by atoms with van der Waals surface area (Å²) in [6, 6.07) is 0. The Morgan fingerprint density at radius 1 is 0.625 bits per heavy atom. The minimum absolute atomic E-state index is 0.0271. The number of amides is 1. The lowest BCUT2D eigenvalue weighted by molar-refractivity contribution is -0.138. The number of nitrogens with zero attached hydrogens (tertiary/aromatic N) is 2. The van der Waals surface area contributed by atoms with Gasteiger partial charge in [0.25, 0.3) is 0 Å². The van der Waals surface area contributed by atoms with E-state index < -0.39 is 5.97 Å². The summed E-state index contributed by atoms with van der Waals surface area (Å²) in [7, 11) is 3.67. The third-order valence-electron chi connectivity index (χ3n) is 6.03. The second-order valence-corrected chi connectivity index (χ2v) is 9.52. The zero-order valence-corrected chi connectivity index (χ0v) is 21.5. The van der Waals surface area contributed by atoms with Crippen molar-refractivity contribution < 1.29 is 14.7 Å². The highest BCUT2D eigenvalue weighted by atomic mass is 16.4. The van der Waals surface area contributed by atoms with E-state index in [0.29, 0.717) is 19.6 Å². The molecule has 0 bridgehead atoms. The largest absolute Gasteiger partial charge is 0.480 e. The molecule has 1 amide bonds. The first kappa shape index (κ1) is 30.9. The van der Waals surface area contributed by atoms with Crippen LogP contribution >= 0.6 is 0 Å². The zero-order chi connectivity index (χ0) is 23.9. The number of aliphatic carboxylic acids is 1. The van der Waals surface area contributed by atoms with Gasteiger partial charge in [-0.2, -0.15) is 0 Å². The predicted molar refractivity (Wildman–Crippen MR) is 135 cm³/mol. The number of carbonyl (C=O) groups excluding carboxylic acids is 1. The molecule has 190 valence electrons. The second kappa shape index (κ2) is 23.0. The predicted octanol–water partition coefficient (Wildman–Crippen LogP) is 5.31. The summed E-state index contributed by atoms with van der Waals surface area (Å²) < 4.78 is 0. The Morgan fingerprint density at radius 2 is 1.00 bits per heavy atom. The lowest BCUT2D eigenvalue weighted by atomic mass is 10.0. The first-order valence-electron chi connectivity index (χ1n) is 13.3. The molecule has 0 aliphatic rings. The quantitative estimate of drug-likeness (QED) is 0.193. The molecular formula is C26H53N3O3. The summed E-state index contributed by atoms with van der Waals surface area (Å²) in [4.78, 5) is 26.3. The van der Waals surface area contributed by atoms with Crippen LogP contribution in [-0.2, 0) is 9.59 Å². The van der Waals surface area contributed by atoms with Crippen LogP contribution in [0.4, 0.5) is 0 Å². The van der Waals surface area contributed by atoms with Gasteiger partial charge in [0.1, 0.15) is 0 Å².